The number of ether oxygens (including phenoxy) is 2. The second-order valence-electron chi connectivity index (χ2n) is 6.20. The molecule has 1 heterocycles. The van der Waals surface area contributed by atoms with Gasteiger partial charge in [-0.05, 0) is 37.3 Å². The van der Waals surface area contributed by atoms with Crippen molar-refractivity contribution in [3.05, 3.63) is 59.0 Å². The van der Waals surface area contributed by atoms with Gasteiger partial charge in [0.1, 0.15) is 0 Å². The third kappa shape index (κ3) is 5.11. The Bertz CT molecular complexity index is 1020. The van der Waals surface area contributed by atoms with Crippen molar-refractivity contribution in [2.24, 2.45) is 0 Å². The molecule has 1 aromatic heterocycles. The topological polar surface area (TPSA) is 89.6 Å². The van der Waals surface area contributed by atoms with Gasteiger partial charge >= 0.3 is 0 Å². The summed E-state index contributed by atoms with van der Waals surface area (Å²) in [5.74, 6) is 0.579. The lowest BCUT2D eigenvalue weighted by molar-refractivity contribution is -0.115. The van der Waals surface area contributed by atoms with Crippen molar-refractivity contribution >= 4 is 28.3 Å². The molecule has 2 N–H and O–H groups in total. The maximum Gasteiger partial charge on any atom is 0.251 e. The number of aryl methyl sites for hydroxylation is 1. The zero-order chi connectivity index (χ0) is 20.8. The minimum atomic E-state index is -0.348. The van der Waals surface area contributed by atoms with Gasteiger partial charge in [-0.2, -0.15) is 0 Å². The largest absolute Gasteiger partial charge is 0.493 e. The summed E-state index contributed by atoms with van der Waals surface area (Å²) in [5, 5.41) is 7.58. The fraction of sp³-hybridized carbons (Fsp3) is 0.190. The van der Waals surface area contributed by atoms with E-state index in [2.05, 4.69) is 15.6 Å². The fourth-order valence-electron chi connectivity index (χ4n) is 2.59. The normalized spacial score (nSPS) is 10.3. The lowest BCUT2D eigenvalue weighted by atomic mass is 10.1. The van der Waals surface area contributed by atoms with Crippen LogP contribution in [0.2, 0.25) is 0 Å². The van der Waals surface area contributed by atoms with Crippen LogP contribution < -0.4 is 20.1 Å². The number of nitrogens with zero attached hydrogens (tertiary/aromatic N) is 1. The molecule has 0 saturated heterocycles. The van der Waals surface area contributed by atoms with Crippen LogP contribution in [0.4, 0.5) is 5.13 Å². The molecular formula is C21H21N3O4S. The Morgan fingerprint density at radius 2 is 1.76 bits per heavy atom. The molecule has 3 aromatic rings. The molecule has 0 bridgehead atoms. The van der Waals surface area contributed by atoms with Crippen LogP contribution in [0.15, 0.2) is 47.8 Å². The quantitative estimate of drug-likeness (QED) is 0.621. The predicted molar refractivity (Wildman–Crippen MR) is 113 cm³/mol. The number of hydrogen-bond acceptors (Lipinski definition) is 6. The molecule has 2 amide bonds. The van der Waals surface area contributed by atoms with Crippen molar-refractivity contribution < 1.29 is 19.1 Å². The van der Waals surface area contributed by atoms with Gasteiger partial charge in [0.05, 0.1) is 26.5 Å². The molecular weight excluding hydrogens is 390 g/mol. The van der Waals surface area contributed by atoms with Crippen molar-refractivity contribution in [3.8, 4) is 22.8 Å². The average molecular weight is 411 g/mol. The van der Waals surface area contributed by atoms with Gasteiger partial charge in [0.2, 0.25) is 5.91 Å². The number of thiazole rings is 1. The zero-order valence-corrected chi connectivity index (χ0v) is 17.1. The van der Waals surface area contributed by atoms with Gasteiger partial charge in [-0.25, -0.2) is 4.98 Å². The van der Waals surface area contributed by atoms with E-state index in [1.807, 2.05) is 36.6 Å². The molecule has 0 atom stereocenters. The van der Waals surface area contributed by atoms with E-state index in [0.29, 0.717) is 27.9 Å². The maximum atomic E-state index is 12.1. The van der Waals surface area contributed by atoms with E-state index in [1.54, 1.807) is 32.4 Å². The lowest BCUT2D eigenvalue weighted by Gasteiger charge is -2.08. The SMILES string of the molecule is COc1ccc(-c2csc(NC(=O)CNC(=O)c3ccc(C)cc3)n2)cc1OC. The molecule has 0 aliphatic carbocycles. The molecule has 2 aromatic carbocycles. The molecule has 0 unspecified atom stereocenters. The van der Waals surface area contributed by atoms with Crippen LogP contribution in [0, 0.1) is 6.92 Å². The van der Waals surface area contributed by atoms with E-state index in [1.165, 1.54) is 11.3 Å². The third-order valence-electron chi connectivity index (χ3n) is 4.15. The summed E-state index contributed by atoms with van der Waals surface area (Å²) in [6, 6.07) is 12.6. The van der Waals surface area contributed by atoms with Crippen molar-refractivity contribution in [2.45, 2.75) is 6.92 Å². The van der Waals surface area contributed by atoms with Crippen molar-refractivity contribution in [1.82, 2.24) is 10.3 Å². The first-order valence-electron chi connectivity index (χ1n) is 8.83. The molecule has 0 aliphatic heterocycles. The number of anilines is 1. The van der Waals surface area contributed by atoms with Gasteiger partial charge in [-0.15, -0.1) is 11.3 Å². The van der Waals surface area contributed by atoms with E-state index in [0.717, 1.165) is 11.1 Å². The van der Waals surface area contributed by atoms with Crippen LogP contribution in [-0.2, 0) is 4.79 Å². The summed E-state index contributed by atoms with van der Waals surface area (Å²) >= 11 is 1.30. The molecule has 150 valence electrons. The first kappa shape index (κ1) is 20.3. The number of aromatic nitrogens is 1. The Morgan fingerprint density at radius 3 is 2.45 bits per heavy atom. The first-order chi connectivity index (χ1) is 14.0. The number of amides is 2. The van der Waals surface area contributed by atoms with Crippen LogP contribution >= 0.6 is 11.3 Å². The number of carbonyl (C=O) groups excluding carboxylic acids is 2. The Kier molecular flexibility index (Phi) is 6.46. The standard InChI is InChI=1S/C21H21N3O4S/c1-13-4-6-14(7-5-13)20(26)22-11-19(25)24-21-23-16(12-29-21)15-8-9-17(27-2)18(10-15)28-3/h4-10,12H,11H2,1-3H3,(H,22,26)(H,23,24,25). The third-order valence-corrected chi connectivity index (χ3v) is 4.91. The van der Waals surface area contributed by atoms with Crippen molar-refractivity contribution in [2.75, 3.05) is 26.1 Å². The second-order valence-corrected chi connectivity index (χ2v) is 7.06. The number of hydrogen-bond donors (Lipinski definition) is 2. The summed E-state index contributed by atoms with van der Waals surface area (Å²) in [6.45, 7) is 1.80. The zero-order valence-electron chi connectivity index (χ0n) is 16.3. The Labute approximate surface area is 172 Å². The number of carbonyl (C=O) groups is 2. The van der Waals surface area contributed by atoms with Gasteiger partial charge < -0.3 is 20.1 Å². The Balaban J connectivity index is 1.59. The maximum absolute atomic E-state index is 12.1. The number of rotatable bonds is 7. The van der Waals surface area contributed by atoms with Crippen molar-refractivity contribution in [1.29, 1.82) is 0 Å². The van der Waals surface area contributed by atoms with E-state index in [9.17, 15) is 9.59 Å². The summed E-state index contributed by atoms with van der Waals surface area (Å²) in [4.78, 5) is 28.6. The van der Waals surface area contributed by atoms with Gasteiger partial charge in [-0.3, -0.25) is 9.59 Å². The van der Waals surface area contributed by atoms with Gasteiger partial charge in [0.15, 0.2) is 16.6 Å². The number of methoxy groups -OCH3 is 2. The minimum Gasteiger partial charge on any atom is -0.493 e. The molecule has 0 fully saturated rings. The smallest absolute Gasteiger partial charge is 0.251 e. The molecule has 29 heavy (non-hydrogen) atoms. The molecule has 0 aliphatic rings. The monoisotopic (exact) mass is 411 g/mol. The molecule has 0 radical (unpaired) electrons. The fourth-order valence-corrected chi connectivity index (χ4v) is 3.33. The average Bonchev–Trinajstić information content (AvgIpc) is 3.20. The second kappa shape index (κ2) is 9.20. The summed E-state index contributed by atoms with van der Waals surface area (Å²) in [6.07, 6.45) is 0. The van der Waals surface area contributed by atoms with Gasteiger partial charge in [0.25, 0.3) is 5.91 Å². The van der Waals surface area contributed by atoms with E-state index in [4.69, 9.17) is 9.47 Å². The van der Waals surface area contributed by atoms with Crippen LogP contribution in [0.5, 0.6) is 11.5 Å². The highest BCUT2D eigenvalue weighted by molar-refractivity contribution is 7.14. The van der Waals surface area contributed by atoms with Crippen molar-refractivity contribution in [3.63, 3.8) is 0 Å². The lowest BCUT2D eigenvalue weighted by Crippen LogP contribution is -2.32. The predicted octanol–water partition coefficient (Wildman–Crippen LogP) is 3.50. The summed E-state index contributed by atoms with van der Waals surface area (Å²) in [7, 11) is 3.14. The highest BCUT2D eigenvalue weighted by Crippen LogP contribution is 2.33. The van der Waals surface area contributed by atoms with Gasteiger partial charge in [-0.1, -0.05) is 17.7 Å². The first-order valence-corrected chi connectivity index (χ1v) is 9.70. The van der Waals surface area contributed by atoms with Crippen LogP contribution in [0.1, 0.15) is 15.9 Å². The van der Waals surface area contributed by atoms with Gasteiger partial charge in [0, 0.05) is 16.5 Å². The molecule has 7 nitrogen and oxygen atoms in total. The highest BCUT2D eigenvalue weighted by atomic mass is 32.1. The van der Waals surface area contributed by atoms with E-state index < -0.39 is 0 Å². The number of nitrogens with one attached hydrogen (secondary N) is 2. The summed E-state index contributed by atoms with van der Waals surface area (Å²) < 4.78 is 10.5. The number of benzene rings is 2. The van der Waals surface area contributed by atoms with E-state index in [-0.39, 0.29) is 18.4 Å². The molecule has 0 saturated carbocycles. The van der Waals surface area contributed by atoms with E-state index >= 15 is 0 Å². The minimum absolute atomic E-state index is 0.141. The van der Waals surface area contributed by atoms with Crippen LogP contribution in [-0.4, -0.2) is 37.6 Å². The summed E-state index contributed by atoms with van der Waals surface area (Å²) in [5.41, 5.74) is 3.11. The molecule has 3 rings (SSSR count). The van der Waals surface area contributed by atoms with Crippen LogP contribution in [0.3, 0.4) is 0 Å². The Hall–Kier alpha value is -3.39. The molecule has 8 heteroatoms. The molecule has 0 spiro atoms. The highest BCUT2D eigenvalue weighted by Gasteiger charge is 2.12. The Morgan fingerprint density at radius 1 is 1.03 bits per heavy atom. The van der Waals surface area contributed by atoms with Crippen LogP contribution in [0.25, 0.3) is 11.3 Å².